The Morgan fingerprint density at radius 1 is 1.44 bits per heavy atom. The topological polar surface area (TPSA) is 106 Å². The highest BCUT2D eigenvalue weighted by Gasteiger charge is 2.19. The molecular formula is C10H11N3O3. The van der Waals surface area contributed by atoms with Crippen LogP contribution in [-0.4, -0.2) is 29.1 Å². The van der Waals surface area contributed by atoms with Crippen LogP contribution in [0.3, 0.4) is 0 Å². The van der Waals surface area contributed by atoms with Gasteiger partial charge in [-0.1, -0.05) is 29.4 Å². The van der Waals surface area contributed by atoms with Crippen LogP contribution in [0.5, 0.6) is 0 Å². The van der Waals surface area contributed by atoms with Crippen molar-refractivity contribution in [2.45, 2.75) is 12.2 Å². The van der Waals surface area contributed by atoms with Crippen molar-refractivity contribution in [1.29, 1.82) is 0 Å². The fourth-order valence-electron chi connectivity index (χ4n) is 1.31. The van der Waals surface area contributed by atoms with Crippen LogP contribution < -0.4 is 0 Å². The normalized spacial score (nSPS) is 13.6. The Hall–Kier alpha value is -1.88. The molecule has 0 aliphatic rings. The molecule has 6 nitrogen and oxygen atoms in total. The van der Waals surface area contributed by atoms with Crippen molar-refractivity contribution >= 4 is 6.29 Å². The first kappa shape index (κ1) is 12.2. The van der Waals surface area contributed by atoms with E-state index >= 15 is 0 Å². The predicted molar refractivity (Wildman–Crippen MR) is 56.8 cm³/mol. The Balaban J connectivity index is 2.90. The molecule has 0 aliphatic carbocycles. The standard InChI is InChI=1S/C10H11N3O3/c11-13-12-5-9(15)10(16)8-4-2-1-3-7(8)6-14/h1-4,6,9-10,15-16H,5H2. The number of benzene rings is 1. The molecule has 0 amide bonds. The maximum absolute atomic E-state index is 10.7. The SMILES string of the molecule is [N-]=[N+]=NCC(O)C(O)c1ccccc1C=O. The lowest BCUT2D eigenvalue weighted by molar-refractivity contribution is 0.0240. The smallest absolute Gasteiger partial charge is 0.150 e. The zero-order chi connectivity index (χ0) is 12.0. The van der Waals surface area contributed by atoms with Crippen LogP contribution >= 0.6 is 0 Å². The Morgan fingerprint density at radius 2 is 2.12 bits per heavy atom. The number of hydrogen-bond acceptors (Lipinski definition) is 4. The summed E-state index contributed by atoms with van der Waals surface area (Å²) in [5.41, 5.74) is 8.70. The summed E-state index contributed by atoms with van der Waals surface area (Å²) in [6, 6.07) is 6.37. The molecule has 0 spiro atoms. The second-order valence-electron chi connectivity index (χ2n) is 3.17. The van der Waals surface area contributed by atoms with Gasteiger partial charge in [0, 0.05) is 10.5 Å². The van der Waals surface area contributed by atoms with E-state index in [0.717, 1.165) is 0 Å². The van der Waals surface area contributed by atoms with Crippen LogP contribution in [0.25, 0.3) is 10.4 Å². The predicted octanol–water partition coefficient (Wildman–Crippen LogP) is 1.20. The summed E-state index contributed by atoms with van der Waals surface area (Å²) in [6.07, 6.45) is -1.87. The molecule has 6 heteroatoms. The molecule has 0 aliphatic heterocycles. The Kier molecular flexibility index (Phi) is 4.47. The molecule has 0 heterocycles. The molecule has 0 radical (unpaired) electrons. The summed E-state index contributed by atoms with van der Waals surface area (Å²) < 4.78 is 0. The van der Waals surface area contributed by atoms with Gasteiger partial charge in [-0.3, -0.25) is 4.79 Å². The number of hydrogen-bond donors (Lipinski definition) is 2. The summed E-state index contributed by atoms with van der Waals surface area (Å²) in [6.45, 7) is -0.245. The summed E-state index contributed by atoms with van der Waals surface area (Å²) in [4.78, 5) is 13.2. The van der Waals surface area contributed by atoms with E-state index in [9.17, 15) is 15.0 Å². The first-order valence-corrected chi connectivity index (χ1v) is 4.61. The maximum Gasteiger partial charge on any atom is 0.150 e. The molecule has 0 saturated heterocycles. The molecule has 0 saturated carbocycles. The van der Waals surface area contributed by atoms with Crippen molar-refractivity contribution in [3.05, 3.63) is 45.8 Å². The fraction of sp³-hybridized carbons (Fsp3) is 0.300. The summed E-state index contributed by atoms with van der Waals surface area (Å²) in [5.74, 6) is 0. The summed E-state index contributed by atoms with van der Waals surface area (Å²) in [5, 5.41) is 22.4. The lowest BCUT2D eigenvalue weighted by Gasteiger charge is -2.17. The number of aliphatic hydroxyl groups excluding tert-OH is 2. The van der Waals surface area contributed by atoms with Gasteiger partial charge in [0.05, 0.1) is 12.6 Å². The van der Waals surface area contributed by atoms with Gasteiger partial charge < -0.3 is 10.2 Å². The van der Waals surface area contributed by atoms with Gasteiger partial charge in [0.15, 0.2) is 0 Å². The third-order valence-corrected chi connectivity index (χ3v) is 2.14. The van der Waals surface area contributed by atoms with Crippen molar-refractivity contribution in [1.82, 2.24) is 0 Å². The highest BCUT2D eigenvalue weighted by Crippen LogP contribution is 2.20. The summed E-state index contributed by atoms with van der Waals surface area (Å²) in [7, 11) is 0. The number of rotatable bonds is 5. The van der Waals surface area contributed by atoms with Crippen molar-refractivity contribution in [2.75, 3.05) is 6.54 Å². The van der Waals surface area contributed by atoms with E-state index in [1.807, 2.05) is 0 Å². The van der Waals surface area contributed by atoms with E-state index in [2.05, 4.69) is 10.0 Å². The largest absolute Gasteiger partial charge is 0.390 e. The van der Waals surface area contributed by atoms with Gasteiger partial charge in [-0.05, 0) is 11.1 Å². The molecule has 1 aromatic rings. The van der Waals surface area contributed by atoms with Crippen LogP contribution in [0.2, 0.25) is 0 Å². The second kappa shape index (κ2) is 5.87. The number of carbonyl (C=O) groups is 1. The van der Waals surface area contributed by atoms with Crippen molar-refractivity contribution in [3.63, 3.8) is 0 Å². The zero-order valence-electron chi connectivity index (χ0n) is 8.39. The van der Waals surface area contributed by atoms with Crippen LogP contribution in [0.15, 0.2) is 29.4 Å². The Labute approximate surface area is 91.8 Å². The van der Waals surface area contributed by atoms with Crippen LogP contribution in [0, 0.1) is 0 Å². The minimum absolute atomic E-state index is 0.245. The second-order valence-corrected chi connectivity index (χ2v) is 3.17. The molecule has 2 N–H and O–H groups in total. The van der Waals surface area contributed by atoms with Crippen molar-refractivity contribution in [2.24, 2.45) is 5.11 Å². The lowest BCUT2D eigenvalue weighted by atomic mass is 9.99. The average molecular weight is 221 g/mol. The van der Waals surface area contributed by atoms with Crippen molar-refractivity contribution in [3.8, 4) is 0 Å². The van der Waals surface area contributed by atoms with Gasteiger partial charge in [0.2, 0.25) is 0 Å². The van der Waals surface area contributed by atoms with E-state index in [1.165, 1.54) is 12.1 Å². The highest BCUT2D eigenvalue weighted by molar-refractivity contribution is 5.77. The van der Waals surface area contributed by atoms with Crippen LogP contribution in [0.4, 0.5) is 0 Å². The number of aldehydes is 1. The molecule has 2 unspecified atom stereocenters. The van der Waals surface area contributed by atoms with Gasteiger partial charge in [-0.2, -0.15) is 0 Å². The third kappa shape index (κ3) is 2.80. The molecule has 0 aromatic heterocycles. The van der Waals surface area contributed by atoms with Crippen LogP contribution in [0.1, 0.15) is 22.0 Å². The molecule has 16 heavy (non-hydrogen) atoms. The average Bonchev–Trinajstić information content (AvgIpc) is 2.34. The molecule has 1 aromatic carbocycles. The monoisotopic (exact) mass is 221 g/mol. The summed E-state index contributed by atoms with van der Waals surface area (Å²) >= 11 is 0. The lowest BCUT2D eigenvalue weighted by Crippen LogP contribution is -2.22. The minimum atomic E-state index is -1.24. The zero-order valence-corrected chi connectivity index (χ0v) is 8.39. The first-order valence-electron chi connectivity index (χ1n) is 4.61. The molecular weight excluding hydrogens is 210 g/mol. The fourth-order valence-corrected chi connectivity index (χ4v) is 1.31. The maximum atomic E-state index is 10.7. The Morgan fingerprint density at radius 3 is 2.75 bits per heavy atom. The molecule has 0 bridgehead atoms. The highest BCUT2D eigenvalue weighted by atomic mass is 16.3. The number of aliphatic hydroxyl groups is 2. The van der Waals surface area contributed by atoms with E-state index in [1.54, 1.807) is 12.1 Å². The first-order chi connectivity index (χ1) is 7.70. The molecule has 0 fully saturated rings. The van der Waals surface area contributed by atoms with E-state index in [0.29, 0.717) is 17.4 Å². The molecule has 2 atom stereocenters. The van der Waals surface area contributed by atoms with Gasteiger partial charge in [0.25, 0.3) is 0 Å². The van der Waals surface area contributed by atoms with E-state index < -0.39 is 12.2 Å². The quantitative estimate of drug-likeness (QED) is 0.337. The van der Waals surface area contributed by atoms with Crippen molar-refractivity contribution < 1.29 is 15.0 Å². The van der Waals surface area contributed by atoms with Gasteiger partial charge >= 0.3 is 0 Å². The number of carbonyl (C=O) groups excluding carboxylic acids is 1. The number of nitrogens with zero attached hydrogens (tertiary/aromatic N) is 3. The van der Waals surface area contributed by atoms with E-state index in [4.69, 9.17) is 5.53 Å². The molecule has 84 valence electrons. The van der Waals surface area contributed by atoms with Gasteiger partial charge in [-0.25, -0.2) is 0 Å². The number of azide groups is 1. The van der Waals surface area contributed by atoms with Crippen LogP contribution in [-0.2, 0) is 0 Å². The van der Waals surface area contributed by atoms with Gasteiger partial charge in [0.1, 0.15) is 12.4 Å². The minimum Gasteiger partial charge on any atom is -0.390 e. The van der Waals surface area contributed by atoms with Gasteiger partial charge in [-0.15, -0.1) is 0 Å². The third-order valence-electron chi connectivity index (χ3n) is 2.14. The van der Waals surface area contributed by atoms with E-state index in [-0.39, 0.29) is 6.54 Å². The Bertz CT molecular complexity index is 416. The molecule has 1 rings (SSSR count).